The van der Waals surface area contributed by atoms with Crippen molar-refractivity contribution >= 4 is 50.7 Å². The minimum atomic E-state index is -1.11. The lowest BCUT2D eigenvalue weighted by atomic mass is 10.0. The first kappa shape index (κ1) is 19.8. The summed E-state index contributed by atoms with van der Waals surface area (Å²) in [5, 5.41) is 5.48. The second kappa shape index (κ2) is 8.47. The minimum Gasteiger partial charge on any atom is -0.363 e. The number of hydrogen-bond acceptors (Lipinski definition) is 8. The highest BCUT2D eigenvalue weighted by Crippen LogP contribution is 2.27. The summed E-state index contributed by atoms with van der Waals surface area (Å²) >= 11 is 2.40. The largest absolute Gasteiger partial charge is 0.363 e. The van der Waals surface area contributed by atoms with Crippen molar-refractivity contribution in [2.45, 2.75) is 12.5 Å². The fraction of sp³-hybridized carbons (Fsp3) is 0.100. The quantitative estimate of drug-likeness (QED) is 0.427. The Kier molecular flexibility index (Phi) is 5.59. The Hall–Kier alpha value is -3.50. The lowest BCUT2D eigenvalue weighted by molar-refractivity contribution is -0.137. The van der Waals surface area contributed by atoms with Crippen molar-refractivity contribution in [1.29, 1.82) is 0 Å². The molecule has 1 aromatic carbocycles. The molecule has 0 fully saturated rings. The van der Waals surface area contributed by atoms with Gasteiger partial charge < -0.3 is 11.1 Å². The number of nitrogens with one attached hydrogen (secondary N) is 1. The average molecular weight is 438 g/mol. The Labute approximate surface area is 179 Å². The molecular weight excluding hydrogens is 422 g/mol. The van der Waals surface area contributed by atoms with Crippen LogP contribution in [-0.4, -0.2) is 37.4 Å². The second-order valence-corrected chi connectivity index (χ2v) is 7.86. The Bertz CT molecular complexity index is 1240. The highest BCUT2D eigenvalue weighted by Gasteiger charge is 2.29. The monoisotopic (exact) mass is 437 g/mol. The smallest absolute Gasteiger partial charge is 0.287 e. The van der Waals surface area contributed by atoms with E-state index >= 15 is 0 Å². The van der Waals surface area contributed by atoms with Gasteiger partial charge in [0.2, 0.25) is 5.78 Å². The zero-order valence-electron chi connectivity index (χ0n) is 15.4. The van der Waals surface area contributed by atoms with Crippen LogP contribution in [0, 0.1) is 0 Å². The number of ketones is 1. The average Bonchev–Trinajstić information content (AvgIpc) is 3.41. The summed E-state index contributed by atoms with van der Waals surface area (Å²) in [6, 6.07) is 10.1. The predicted molar refractivity (Wildman–Crippen MR) is 114 cm³/mol. The van der Waals surface area contributed by atoms with Crippen LogP contribution in [0.2, 0.25) is 0 Å². The topological polar surface area (TPSA) is 128 Å². The molecule has 10 heteroatoms. The molecule has 0 radical (unpaired) electrons. The van der Waals surface area contributed by atoms with Gasteiger partial charge in [-0.3, -0.25) is 19.4 Å². The molecule has 1 atom stereocenters. The van der Waals surface area contributed by atoms with Crippen LogP contribution < -0.4 is 11.1 Å². The van der Waals surface area contributed by atoms with Crippen LogP contribution >= 0.6 is 23.1 Å². The Morgan fingerprint density at radius 3 is 2.70 bits per heavy atom. The molecule has 30 heavy (non-hydrogen) atoms. The third-order valence-electron chi connectivity index (χ3n) is 4.49. The highest BCUT2D eigenvalue weighted by molar-refractivity contribution is 7.17. The number of nitrogens with two attached hydrogens (primary N) is 1. The number of thiophene rings is 1. The molecule has 0 spiro atoms. The van der Waals surface area contributed by atoms with E-state index < -0.39 is 23.6 Å². The number of Topliss-reactive ketones (excluding diaryl/α,β-unsaturated/α-hetero) is 1. The Morgan fingerprint density at radius 2 is 1.93 bits per heavy atom. The van der Waals surface area contributed by atoms with Crippen molar-refractivity contribution in [1.82, 2.24) is 19.0 Å². The van der Waals surface area contributed by atoms with Gasteiger partial charge in [-0.1, -0.05) is 18.2 Å². The van der Waals surface area contributed by atoms with Crippen LogP contribution in [0.3, 0.4) is 0 Å². The van der Waals surface area contributed by atoms with Crippen molar-refractivity contribution in [3.8, 4) is 11.3 Å². The number of pyridine rings is 1. The van der Waals surface area contributed by atoms with Gasteiger partial charge in [0.1, 0.15) is 11.7 Å². The van der Waals surface area contributed by atoms with Crippen molar-refractivity contribution in [3.63, 3.8) is 0 Å². The second-order valence-electron chi connectivity index (χ2n) is 6.42. The number of benzene rings is 1. The lowest BCUT2D eigenvalue weighted by Gasteiger charge is -2.15. The van der Waals surface area contributed by atoms with E-state index in [9.17, 15) is 14.4 Å². The number of nitrogens with zero attached hydrogens (tertiary/aromatic N) is 3. The van der Waals surface area contributed by atoms with Gasteiger partial charge in [0.15, 0.2) is 5.69 Å². The third kappa shape index (κ3) is 3.95. The molecule has 3 N–H and O–H groups in total. The Balaban J connectivity index is 1.62. The highest BCUT2D eigenvalue weighted by atomic mass is 32.1. The standard InChI is InChI=1S/C20H15N5O3S2/c21-19(27)18(26)14(8-12-10-29-15-6-2-1-5-13(12)15)23-20(28)17-16(24-30-25-17)11-4-3-7-22-9-11/h1-7,9-10,14H,8H2,(H2,21,27)(H,23,28). The van der Waals surface area contributed by atoms with Crippen LogP contribution in [0.4, 0.5) is 0 Å². The van der Waals surface area contributed by atoms with E-state index in [1.807, 2.05) is 29.6 Å². The summed E-state index contributed by atoms with van der Waals surface area (Å²) in [4.78, 5) is 40.9. The zero-order chi connectivity index (χ0) is 21.1. The maximum Gasteiger partial charge on any atom is 0.287 e. The summed E-state index contributed by atoms with van der Waals surface area (Å²) in [6.45, 7) is 0. The molecule has 8 nitrogen and oxygen atoms in total. The molecule has 0 aliphatic heterocycles. The first-order valence-corrected chi connectivity index (χ1v) is 10.5. The van der Waals surface area contributed by atoms with Crippen LogP contribution in [0.25, 0.3) is 21.3 Å². The van der Waals surface area contributed by atoms with E-state index in [0.29, 0.717) is 11.3 Å². The number of carbonyl (C=O) groups is 3. The molecular formula is C20H15N5O3S2. The molecule has 0 saturated heterocycles. The predicted octanol–water partition coefficient (Wildman–Crippen LogP) is 2.21. The van der Waals surface area contributed by atoms with Crippen LogP contribution in [0.1, 0.15) is 16.1 Å². The molecule has 0 aliphatic rings. The van der Waals surface area contributed by atoms with Crippen molar-refractivity contribution < 1.29 is 14.4 Å². The van der Waals surface area contributed by atoms with Gasteiger partial charge in [0.25, 0.3) is 11.8 Å². The van der Waals surface area contributed by atoms with E-state index in [-0.39, 0.29) is 12.1 Å². The van der Waals surface area contributed by atoms with Crippen molar-refractivity contribution in [2.75, 3.05) is 0 Å². The number of carbonyl (C=O) groups excluding carboxylic acids is 3. The molecule has 4 aromatic rings. The summed E-state index contributed by atoms with van der Waals surface area (Å²) in [5.74, 6) is -2.59. The van der Waals surface area contributed by atoms with Crippen molar-refractivity contribution in [2.24, 2.45) is 5.73 Å². The van der Waals surface area contributed by atoms with E-state index in [0.717, 1.165) is 27.4 Å². The summed E-state index contributed by atoms with van der Waals surface area (Å²) in [5.41, 5.74) is 7.11. The maximum absolute atomic E-state index is 12.9. The Morgan fingerprint density at radius 1 is 1.10 bits per heavy atom. The number of aromatic nitrogens is 3. The van der Waals surface area contributed by atoms with Gasteiger partial charge in [0, 0.05) is 29.1 Å². The van der Waals surface area contributed by atoms with E-state index in [4.69, 9.17) is 5.73 Å². The van der Waals surface area contributed by atoms with E-state index in [1.54, 1.807) is 24.5 Å². The lowest BCUT2D eigenvalue weighted by Crippen LogP contribution is -2.47. The number of amides is 2. The molecule has 150 valence electrons. The molecule has 2 amide bonds. The van der Waals surface area contributed by atoms with Crippen molar-refractivity contribution in [3.05, 3.63) is 65.4 Å². The van der Waals surface area contributed by atoms with Gasteiger partial charge in [-0.25, -0.2) is 0 Å². The van der Waals surface area contributed by atoms with Gasteiger partial charge >= 0.3 is 0 Å². The van der Waals surface area contributed by atoms with Gasteiger partial charge in [-0.05, 0) is 34.5 Å². The summed E-state index contributed by atoms with van der Waals surface area (Å²) in [7, 11) is 0. The van der Waals surface area contributed by atoms with Crippen LogP contribution in [-0.2, 0) is 16.0 Å². The van der Waals surface area contributed by atoms with Crippen LogP contribution in [0.15, 0.2) is 54.2 Å². The SMILES string of the molecule is NC(=O)C(=O)C(Cc1csc2ccccc12)NC(=O)c1nsnc1-c1cccnc1. The van der Waals surface area contributed by atoms with E-state index in [1.165, 1.54) is 11.3 Å². The molecule has 0 bridgehead atoms. The fourth-order valence-electron chi connectivity index (χ4n) is 3.05. The fourth-order valence-corrected chi connectivity index (χ4v) is 4.59. The summed E-state index contributed by atoms with van der Waals surface area (Å²) < 4.78 is 9.28. The van der Waals surface area contributed by atoms with Gasteiger partial charge in [-0.2, -0.15) is 8.75 Å². The van der Waals surface area contributed by atoms with E-state index in [2.05, 4.69) is 19.0 Å². The van der Waals surface area contributed by atoms with Crippen LogP contribution in [0.5, 0.6) is 0 Å². The minimum absolute atomic E-state index is 0.0606. The molecule has 3 heterocycles. The molecule has 1 unspecified atom stereocenters. The van der Waals surface area contributed by atoms with Gasteiger partial charge in [0.05, 0.1) is 11.7 Å². The third-order valence-corrected chi connectivity index (χ3v) is 6.03. The number of rotatable bonds is 7. The normalized spacial score (nSPS) is 11.9. The number of primary amides is 1. The molecule has 0 saturated carbocycles. The first-order valence-electron chi connectivity index (χ1n) is 8.87. The number of hydrogen-bond donors (Lipinski definition) is 2. The molecule has 3 aromatic heterocycles. The zero-order valence-corrected chi connectivity index (χ0v) is 17.1. The first-order chi connectivity index (χ1) is 14.5. The summed E-state index contributed by atoms with van der Waals surface area (Å²) in [6.07, 6.45) is 3.31. The number of fused-ring (bicyclic) bond motifs is 1. The molecule has 4 rings (SSSR count). The maximum atomic E-state index is 12.9. The molecule has 0 aliphatic carbocycles. The van der Waals surface area contributed by atoms with Gasteiger partial charge in [-0.15, -0.1) is 11.3 Å².